The van der Waals surface area contributed by atoms with E-state index >= 15 is 0 Å². The van der Waals surface area contributed by atoms with Gasteiger partial charge in [0.25, 0.3) is 0 Å². The highest BCUT2D eigenvalue weighted by atomic mass is 32.2. The number of aromatic nitrogens is 2. The molecule has 2 heterocycles. The summed E-state index contributed by atoms with van der Waals surface area (Å²) in [4.78, 5) is 26.8. The van der Waals surface area contributed by atoms with Crippen molar-refractivity contribution in [3.63, 3.8) is 0 Å². The van der Waals surface area contributed by atoms with E-state index in [2.05, 4.69) is 10.4 Å². The lowest BCUT2D eigenvalue weighted by atomic mass is 10.0. The molecule has 2 aromatic rings. The van der Waals surface area contributed by atoms with Crippen LogP contribution in [0.2, 0.25) is 0 Å². The average molecular weight is 445 g/mol. The van der Waals surface area contributed by atoms with E-state index in [-0.39, 0.29) is 28.9 Å². The Labute approximate surface area is 182 Å². The highest BCUT2D eigenvalue weighted by molar-refractivity contribution is 7.91. The smallest absolute Gasteiger partial charge is 0.223 e. The second-order valence-electron chi connectivity index (χ2n) is 8.28. The van der Waals surface area contributed by atoms with Gasteiger partial charge in [0.05, 0.1) is 16.3 Å². The maximum atomic E-state index is 12.8. The van der Waals surface area contributed by atoms with Gasteiger partial charge in [0.1, 0.15) is 0 Å². The number of sulfone groups is 1. The van der Waals surface area contributed by atoms with Crippen LogP contribution in [-0.2, 0) is 45.9 Å². The molecule has 0 atom stereocenters. The summed E-state index contributed by atoms with van der Waals surface area (Å²) in [6.45, 7) is 0.950. The van der Waals surface area contributed by atoms with E-state index in [0.29, 0.717) is 38.4 Å². The molecule has 9 heteroatoms. The van der Waals surface area contributed by atoms with Crippen LogP contribution in [0.1, 0.15) is 42.6 Å². The summed E-state index contributed by atoms with van der Waals surface area (Å²) in [7, 11) is -1.60. The van der Waals surface area contributed by atoms with Crippen LogP contribution >= 0.6 is 0 Å². The first-order chi connectivity index (χ1) is 14.8. The standard InChI is InChI=1S/C22H28N4O4S/c1-25-20-11-13-26(22(28)12-14-31(29,30)17-5-3-2-4-6-17)15-18(20)19(24-25)9-10-21(27)23-16-7-8-16/h2-6,16H,7-15H2,1H3,(H,23,27). The molecular formula is C22H28N4O4S. The SMILES string of the molecule is Cn1nc(CCC(=O)NC2CC2)c2c1CCN(C(=O)CCS(=O)(=O)c1ccccc1)C2. The maximum Gasteiger partial charge on any atom is 0.223 e. The van der Waals surface area contributed by atoms with Gasteiger partial charge in [0.2, 0.25) is 11.8 Å². The number of nitrogens with zero attached hydrogens (tertiary/aromatic N) is 3. The van der Waals surface area contributed by atoms with Crippen molar-refractivity contribution in [2.75, 3.05) is 12.3 Å². The molecule has 2 amide bonds. The van der Waals surface area contributed by atoms with Crippen LogP contribution in [-0.4, -0.2) is 53.3 Å². The summed E-state index contributed by atoms with van der Waals surface area (Å²) in [5.41, 5.74) is 2.92. The van der Waals surface area contributed by atoms with Crippen LogP contribution < -0.4 is 5.32 Å². The number of rotatable bonds is 8. The third-order valence-corrected chi connectivity index (χ3v) is 7.63. The first kappa shape index (κ1) is 21.5. The zero-order valence-corrected chi connectivity index (χ0v) is 18.5. The van der Waals surface area contributed by atoms with Gasteiger partial charge >= 0.3 is 0 Å². The van der Waals surface area contributed by atoms with Crippen LogP contribution in [0, 0.1) is 0 Å². The van der Waals surface area contributed by atoms with Crippen molar-refractivity contribution in [1.82, 2.24) is 20.0 Å². The summed E-state index contributed by atoms with van der Waals surface area (Å²) in [6.07, 6.45) is 3.65. The Morgan fingerprint density at radius 1 is 1.16 bits per heavy atom. The third kappa shape index (κ3) is 5.15. The minimum atomic E-state index is -3.49. The van der Waals surface area contributed by atoms with Gasteiger partial charge in [-0.1, -0.05) is 18.2 Å². The number of amides is 2. The second-order valence-corrected chi connectivity index (χ2v) is 10.4. The molecule has 0 bridgehead atoms. The summed E-state index contributed by atoms with van der Waals surface area (Å²) in [5.74, 6) is -0.344. The first-order valence-corrected chi connectivity index (χ1v) is 12.4. The van der Waals surface area contributed by atoms with E-state index in [1.807, 2.05) is 11.7 Å². The predicted molar refractivity (Wildman–Crippen MR) is 115 cm³/mol. The predicted octanol–water partition coefficient (Wildman–Crippen LogP) is 1.38. The fourth-order valence-corrected chi connectivity index (χ4v) is 5.22. The Bertz CT molecular complexity index is 1070. The van der Waals surface area contributed by atoms with E-state index in [0.717, 1.165) is 29.8 Å². The van der Waals surface area contributed by atoms with Crippen molar-refractivity contribution in [2.45, 2.75) is 56.0 Å². The fourth-order valence-electron chi connectivity index (χ4n) is 3.97. The number of fused-ring (bicyclic) bond motifs is 1. The van der Waals surface area contributed by atoms with Gasteiger partial charge in [-0.15, -0.1) is 0 Å². The first-order valence-electron chi connectivity index (χ1n) is 10.7. The molecule has 1 saturated carbocycles. The lowest BCUT2D eigenvalue weighted by Crippen LogP contribution is -2.37. The van der Waals surface area contributed by atoms with E-state index in [9.17, 15) is 18.0 Å². The average Bonchev–Trinajstić information content (AvgIpc) is 3.53. The largest absolute Gasteiger partial charge is 0.353 e. The van der Waals surface area contributed by atoms with Gasteiger partial charge in [-0.3, -0.25) is 14.3 Å². The molecule has 1 aliphatic carbocycles. The fraction of sp³-hybridized carbons (Fsp3) is 0.500. The summed E-state index contributed by atoms with van der Waals surface area (Å²) >= 11 is 0. The molecule has 1 aromatic heterocycles. The van der Waals surface area contributed by atoms with Crippen LogP contribution in [0.3, 0.4) is 0 Å². The Morgan fingerprint density at radius 3 is 2.61 bits per heavy atom. The molecule has 1 fully saturated rings. The van der Waals surface area contributed by atoms with E-state index < -0.39 is 9.84 Å². The van der Waals surface area contributed by atoms with Gasteiger partial charge in [0.15, 0.2) is 9.84 Å². The molecule has 2 aliphatic rings. The maximum absolute atomic E-state index is 12.8. The van der Waals surface area contributed by atoms with E-state index in [1.54, 1.807) is 35.2 Å². The molecule has 1 aliphatic heterocycles. The number of benzene rings is 1. The van der Waals surface area contributed by atoms with Crippen LogP contribution in [0.5, 0.6) is 0 Å². The van der Waals surface area contributed by atoms with Crippen molar-refractivity contribution < 1.29 is 18.0 Å². The number of hydrogen-bond acceptors (Lipinski definition) is 5. The summed E-state index contributed by atoms with van der Waals surface area (Å²) < 4.78 is 26.8. The lowest BCUT2D eigenvalue weighted by Gasteiger charge is -2.28. The van der Waals surface area contributed by atoms with Gasteiger partial charge < -0.3 is 10.2 Å². The number of nitrogens with one attached hydrogen (secondary N) is 1. The monoisotopic (exact) mass is 444 g/mol. The van der Waals surface area contributed by atoms with Gasteiger partial charge in [0, 0.05) is 63.1 Å². The minimum Gasteiger partial charge on any atom is -0.353 e. The van der Waals surface area contributed by atoms with Crippen molar-refractivity contribution in [3.8, 4) is 0 Å². The number of carbonyl (C=O) groups is 2. The molecule has 4 rings (SSSR count). The third-order valence-electron chi connectivity index (χ3n) is 5.90. The topological polar surface area (TPSA) is 101 Å². The Hall–Kier alpha value is -2.68. The van der Waals surface area contributed by atoms with Gasteiger partial charge in [-0.2, -0.15) is 5.10 Å². The number of aryl methyl sites for hydroxylation is 2. The number of carbonyl (C=O) groups excluding carboxylic acids is 2. The lowest BCUT2D eigenvalue weighted by molar-refractivity contribution is -0.131. The summed E-state index contributed by atoms with van der Waals surface area (Å²) in [6, 6.07) is 8.55. The van der Waals surface area contributed by atoms with Crippen LogP contribution in [0.25, 0.3) is 0 Å². The molecule has 0 saturated heterocycles. The molecule has 1 N–H and O–H groups in total. The summed E-state index contributed by atoms with van der Waals surface area (Å²) in [5, 5.41) is 7.57. The van der Waals surface area contributed by atoms with E-state index in [4.69, 9.17) is 0 Å². The molecule has 1 aromatic carbocycles. The zero-order chi connectivity index (χ0) is 22.0. The molecule has 0 spiro atoms. The second kappa shape index (κ2) is 8.82. The van der Waals surface area contributed by atoms with Crippen molar-refractivity contribution in [2.24, 2.45) is 7.05 Å². The molecule has 8 nitrogen and oxygen atoms in total. The minimum absolute atomic E-state index is 0.0387. The van der Waals surface area contributed by atoms with Gasteiger partial charge in [-0.25, -0.2) is 8.42 Å². The van der Waals surface area contributed by atoms with Gasteiger partial charge in [-0.05, 0) is 25.0 Å². The highest BCUT2D eigenvalue weighted by Crippen LogP contribution is 2.24. The zero-order valence-electron chi connectivity index (χ0n) is 17.7. The van der Waals surface area contributed by atoms with E-state index in [1.165, 1.54) is 0 Å². The quantitative estimate of drug-likeness (QED) is 0.663. The van der Waals surface area contributed by atoms with Crippen molar-refractivity contribution in [1.29, 1.82) is 0 Å². The van der Waals surface area contributed by atoms with Crippen LogP contribution in [0.4, 0.5) is 0 Å². The van der Waals surface area contributed by atoms with Crippen molar-refractivity contribution in [3.05, 3.63) is 47.3 Å². The Balaban J connectivity index is 1.37. The normalized spacial score (nSPS) is 16.1. The molecule has 166 valence electrons. The molecule has 31 heavy (non-hydrogen) atoms. The highest BCUT2D eigenvalue weighted by Gasteiger charge is 2.28. The Morgan fingerprint density at radius 2 is 1.90 bits per heavy atom. The van der Waals surface area contributed by atoms with Crippen molar-refractivity contribution >= 4 is 21.7 Å². The van der Waals surface area contributed by atoms with Crippen LogP contribution in [0.15, 0.2) is 35.2 Å². The Kier molecular flexibility index (Phi) is 6.13. The molecule has 0 radical (unpaired) electrons. The molecule has 0 unspecified atom stereocenters. The number of hydrogen-bond donors (Lipinski definition) is 1. The molecular weight excluding hydrogens is 416 g/mol.